The number of imide groups is 1. The van der Waals surface area contributed by atoms with Crippen molar-refractivity contribution >= 4 is 37.9 Å². The Morgan fingerprint density at radius 3 is 2.50 bits per heavy atom. The first-order valence-corrected chi connectivity index (χ1v) is 12.3. The van der Waals surface area contributed by atoms with Crippen LogP contribution in [0.5, 0.6) is 0 Å². The fourth-order valence-electron chi connectivity index (χ4n) is 2.93. The average molecular weight is 538 g/mol. The van der Waals surface area contributed by atoms with Crippen molar-refractivity contribution in [3.8, 4) is 0 Å². The fraction of sp³-hybridized carbons (Fsp3) is 0.750. The van der Waals surface area contributed by atoms with Crippen LogP contribution in [-0.4, -0.2) is 86.3 Å². The van der Waals surface area contributed by atoms with Gasteiger partial charge in [-0.1, -0.05) is 13.8 Å². The number of phosphoric ester groups is 1. The Morgan fingerprint density at radius 1 is 1.22 bits per heavy atom. The van der Waals surface area contributed by atoms with Gasteiger partial charge in [0.1, 0.15) is 12.2 Å². The standard InChI is InChI=1S/C20H31N2O13P/c1-19(2,3)34-18(27)22-12(9-30-17(22)26)16(25)31-11-33-36(28)32-10-20(4,5)14(35-36)15(24)21-8-7-13(23)29-6/h12,14H,7-11H2,1-6H3,(H,21,24)/t12-,14+,36?/m1/s1. The molecule has 2 saturated heterocycles. The van der Waals surface area contributed by atoms with Gasteiger partial charge in [0.2, 0.25) is 12.7 Å². The van der Waals surface area contributed by atoms with E-state index in [9.17, 15) is 28.5 Å². The minimum Gasteiger partial charge on any atom is -0.469 e. The summed E-state index contributed by atoms with van der Waals surface area (Å²) >= 11 is 0. The van der Waals surface area contributed by atoms with E-state index in [1.165, 1.54) is 7.11 Å². The highest BCUT2D eigenvalue weighted by Gasteiger charge is 2.50. The summed E-state index contributed by atoms with van der Waals surface area (Å²) in [5.41, 5.74) is -1.86. The molecule has 0 aromatic rings. The Kier molecular flexibility index (Phi) is 9.46. The summed E-state index contributed by atoms with van der Waals surface area (Å²) in [6.07, 6.45) is -3.57. The van der Waals surface area contributed by atoms with E-state index in [0.29, 0.717) is 4.90 Å². The van der Waals surface area contributed by atoms with Crippen LogP contribution in [0.1, 0.15) is 41.0 Å². The maximum absolute atomic E-state index is 12.9. The monoisotopic (exact) mass is 538 g/mol. The predicted molar refractivity (Wildman–Crippen MR) is 117 cm³/mol. The number of nitrogens with one attached hydrogen (secondary N) is 1. The molecule has 2 heterocycles. The molecule has 2 rings (SSSR count). The van der Waals surface area contributed by atoms with Crippen LogP contribution in [0.3, 0.4) is 0 Å². The second-order valence-corrected chi connectivity index (χ2v) is 11.1. The summed E-state index contributed by atoms with van der Waals surface area (Å²) in [5.74, 6) is -2.30. The molecular weight excluding hydrogens is 507 g/mol. The maximum atomic E-state index is 12.9. The lowest BCUT2D eigenvalue weighted by Crippen LogP contribution is -2.50. The molecule has 0 bridgehead atoms. The van der Waals surface area contributed by atoms with E-state index in [0.717, 1.165) is 0 Å². The number of hydrogen-bond donors (Lipinski definition) is 1. The Bertz CT molecular complexity index is 929. The lowest BCUT2D eigenvalue weighted by Gasteiger charge is -2.39. The first kappa shape index (κ1) is 29.5. The van der Waals surface area contributed by atoms with Gasteiger partial charge in [-0.3, -0.25) is 18.6 Å². The van der Waals surface area contributed by atoms with Crippen molar-refractivity contribution in [2.24, 2.45) is 5.41 Å². The molecule has 204 valence electrons. The van der Waals surface area contributed by atoms with Crippen LogP contribution in [0.4, 0.5) is 9.59 Å². The van der Waals surface area contributed by atoms with Gasteiger partial charge in [-0.2, -0.15) is 4.90 Å². The number of carbonyl (C=O) groups excluding carboxylic acids is 5. The van der Waals surface area contributed by atoms with E-state index in [-0.39, 0.29) is 19.6 Å². The van der Waals surface area contributed by atoms with Crippen LogP contribution in [-0.2, 0) is 51.5 Å². The molecule has 3 atom stereocenters. The fourth-order valence-corrected chi connectivity index (χ4v) is 4.44. The molecular formula is C20H31N2O13P. The number of hydrogen-bond acceptors (Lipinski definition) is 13. The summed E-state index contributed by atoms with van der Waals surface area (Å²) in [6.45, 7) is 6.30. The van der Waals surface area contributed by atoms with Crippen LogP contribution >= 0.6 is 7.82 Å². The van der Waals surface area contributed by atoms with Crippen LogP contribution in [0.15, 0.2) is 0 Å². The summed E-state index contributed by atoms with van der Waals surface area (Å²) in [6, 6.07) is -1.46. The minimum absolute atomic E-state index is 0.0403. The molecule has 2 fully saturated rings. The van der Waals surface area contributed by atoms with Crippen molar-refractivity contribution in [1.82, 2.24) is 10.2 Å². The van der Waals surface area contributed by atoms with Crippen LogP contribution in [0.2, 0.25) is 0 Å². The Morgan fingerprint density at radius 2 is 1.89 bits per heavy atom. The number of esters is 2. The van der Waals surface area contributed by atoms with Gasteiger partial charge in [0, 0.05) is 12.0 Å². The van der Waals surface area contributed by atoms with E-state index in [4.69, 9.17) is 27.8 Å². The van der Waals surface area contributed by atoms with Gasteiger partial charge in [0.05, 0.1) is 20.1 Å². The second-order valence-electron chi connectivity index (χ2n) is 9.47. The molecule has 0 radical (unpaired) electrons. The number of ether oxygens (including phenoxy) is 4. The highest BCUT2D eigenvalue weighted by Crippen LogP contribution is 2.57. The summed E-state index contributed by atoms with van der Waals surface area (Å²) in [5, 5.41) is 2.48. The predicted octanol–water partition coefficient (Wildman–Crippen LogP) is 1.49. The number of carbonyl (C=O) groups is 5. The molecule has 1 N–H and O–H groups in total. The zero-order valence-electron chi connectivity index (χ0n) is 20.9. The molecule has 0 aromatic heterocycles. The number of nitrogens with zero attached hydrogens (tertiary/aromatic N) is 1. The van der Waals surface area contributed by atoms with Crippen LogP contribution in [0, 0.1) is 5.41 Å². The molecule has 16 heteroatoms. The molecule has 2 aliphatic rings. The lowest BCUT2D eigenvalue weighted by atomic mass is 9.87. The molecule has 0 aliphatic carbocycles. The third-order valence-electron chi connectivity index (χ3n) is 4.78. The Balaban J connectivity index is 1.94. The molecule has 36 heavy (non-hydrogen) atoms. The van der Waals surface area contributed by atoms with Crippen LogP contribution in [0.25, 0.3) is 0 Å². The largest absolute Gasteiger partial charge is 0.478 e. The maximum Gasteiger partial charge on any atom is 0.478 e. The molecule has 0 saturated carbocycles. The van der Waals surface area contributed by atoms with E-state index >= 15 is 0 Å². The molecule has 0 spiro atoms. The lowest BCUT2D eigenvalue weighted by molar-refractivity contribution is -0.159. The first-order valence-electron chi connectivity index (χ1n) is 10.9. The van der Waals surface area contributed by atoms with Gasteiger partial charge >= 0.3 is 31.9 Å². The van der Waals surface area contributed by atoms with Gasteiger partial charge in [-0.05, 0) is 20.8 Å². The quantitative estimate of drug-likeness (QED) is 0.203. The zero-order valence-corrected chi connectivity index (χ0v) is 21.8. The highest BCUT2D eigenvalue weighted by molar-refractivity contribution is 7.48. The number of amides is 3. The molecule has 15 nitrogen and oxygen atoms in total. The van der Waals surface area contributed by atoms with Crippen molar-refractivity contribution in [3.63, 3.8) is 0 Å². The minimum atomic E-state index is -4.36. The Hall–Kier alpha value is -2.74. The SMILES string of the molecule is COC(=O)CCNC(=O)[C@@H]1OP(=O)(OCOC(=O)[C@H]2COC(=O)N2C(=O)OC(C)(C)C)OCC1(C)C. The van der Waals surface area contributed by atoms with E-state index in [1.807, 2.05) is 0 Å². The van der Waals surface area contributed by atoms with Crippen molar-refractivity contribution in [3.05, 3.63) is 0 Å². The zero-order chi connectivity index (χ0) is 27.3. The van der Waals surface area contributed by atoms with Gasteiger partial charge in [-0.25, -0.2) is 23.5 Å². The number of phosphoric acid groups is 1. The molecule has 0 aromatic carbocycles. The third kappa shape index (κ3) is 7.88. The molecule has 1 unspecified atom stereocenters. The van der Waals surface area contributed by atoms with Gasteiger partial charge in [-0.15, -0.1) is 0 Å². The van der Waals surface area contributed by atoms with Crippen LogP contribution < -0.4 is 5.32 Å². The average Bonchev–Trinajstić information content (AvgIpc) is 3.16. The number of methoxy groups -OCH3 is 1. The Labute approximate surface area is 207 Å². The second kappa shape index (κ2) is 11.5. The van der Waals surface area contributed by atoms with E-state index in [2.05, 4.69) is 10.1 Å². The third-order valence-corrected chi connectivity index (χ3v) is 6.12. The van der Waals surface area contributed by atoms with Crippen molar-refractivity contribution in [1.29, 1.82) is 0 Å². The highest BCUT2D eigenvalue weighted by atomic mass is 31.2. The normalized spacial score (nSPS) is 25.5. The summed E-state index contributed by atoms with van der Waals surface area (Å²) in [4.78, 5) is 60.8. The van der Waals surface area contributed by atoms with E-state index < -0.39 is 74.4 Å². The number of rotatable bonds is 8. The smallest absolute Gasteiger partial charge is 0.469 e. The van der Waals surface area contributed by atoms with Gasteiger partial charge in [0.25, 0.3) is 0 Å². The van der Waals surface area contributed by atoms with Crippen molar-refractivity contribution in [2.45, 2.75) is 58.8 Å². The van der Waals surface area contributed by atoms with Crippen molar-refractivity contribution < 1.29 is 61.1 Å². The first-order chi connectivity index (χ1) is 16.6. The summed E-state index contributed by atoms with van der Waals surface area (Å²) in [7, 11) is -3.15. The summed E-state index contributed by atoms with van der Waals surface area (Å²) < 4.78 is 47.5. The topological polar surface area (TPSA) is 182 Å². The van der Waals surface area contributed by atoms with Gasteiger partial charge in [0.15, 0.2) is 12.1 Å². The van der Waals surface area contributed by atoms with E-state index in [1.54, 1.807) is 34.6 Å². The van der Waals surface area contributed by atoms with Gasteiger partial charge < -0.3 is 24.3 Å². The number of cyclic esters (lactones) is 1. The molecule has 2 aliphatic heterocycles. The van der Waals surface area contributed by atoms with Crippen molar-refractivity contribution in [2.75, 3.05) is 33.7 Å². The molecule has 3 amide bonds.